The smallest absolute Gasteiger partial charge is 0.254 e. The number of benzene rings is 1. The van der Waals surface area contributed by atoms with Crippen molar-refractivity contribution in [3.8, 4) is 11.4 Å². The van der Waals surface area contributed by atoms with Crippen LogP contribution in [0.3, 0.4) is 0 Å². The van der Waals surface area contributed by atoms with Crippen molar-refractivity contribution in [2.45, 2.75) is 13.8 Å². The molecule has 0 bridgehead atoms. The summed E-state index contributed by atoms with van der Waals surface area (Å²) < 4.78 is 26.4. The van der Waals surface area contributed by atoms with E-state index in [1.165, 1.54) is 6.07 Å². The molecule has 1 heterocycles. The summed E-state index contributed by atoms with van der Waals surface area (Å²) in [4.78, 5) is 18.3. The molecule has 1 N–H and O–H groups in total. The lowest BCUT2D eigenvalue weighted by molar-refractivity contribution is 0.504. The van der Waals surface area contributed by atoms with Crippen LogP contribution < -0.4 is 5.56 Å². The molecule has 0 amide bonds. The van der Waals surface area contributed by atoms with Crippen molar-refractivity contribution < 1.29 is 8.78 Å². The fraction of sp³-hybridized carbons (Fsp3) is 0.167. The lowest BCUT2D eigenvalue weighted by Crippen LogP contribution is -2.14. The molecule has 2 aromatic rings. The van der Waals surface area contributed by atoms with E-state index in [9.17, 15) is 13.6 Å². The summed E-state index contributed by atoms with van der Waals surface area (Å²) >= 11 is 2.96. The standard InChI is InChI=1S/C12H9BrF2N2O/c1-5-6(2)16-11(17-12(5)18)7-3-4-8(14)10(15)9(7)13/h3-4H,1-2H3,(H,16,17,18). The molecule has 0 aliphatic rings. The van der Waals surface area contributed by atoms with E-state index in [4.69, 9.17) is 0 Å². The number of nitrogens with one attached hydrogen (secondary N) is 1. The maximum absolute atomic E-state index is 13.4. The monoisotopic (exact) mass is 314 g/mol. The van der Waals surface area contributed by atoms with Crippen molar-refractivity contribution in [2.75, 3.05) is 0 Å². The molecule has 2 rings (SSSR count). The molecule has 94 valence electrons. The fourth-order valence-electron chi connectivity index (χ4n) is 1.48. The van der Waals surface area contributed by atoms with E-state index >= 15 is 0 Å². The molecule has 0 fully saturated rings. The predicted octanol–water partition coefficient (Wildman–Crippen LogP) is 3.09. The van der Waals surface area contributed by atoms with E-state index in [0.717, 1.165) is 6.07 Å². The van der Waals surface area contributed by atoms with Crippen LogP contribution in [0, 0.1) is 25.5 Å². The van der Waals surface area contributed by atoms with Crippen LogP contribution in [0.1, 0.15) is 11.3 Å². The second-order valence-electron chi connectivity index (χ2n) is 3.85. The van der Waals surface area contributed by atoms with E-state index in [1.54, 1.807) is 13.8 Å². The molecule has 6 heteroatoms. The predicted molar refractivity (Wildman–Crippen MR) is 67.4 cm³/mol. The highest BCUT2D eigenvalue weighted by Gasteiger charge is 2.15. The SMILES string of the molecule is Cc1nc(-c2ccc(F)c(F)c2Br)[nH]c(=O)c1C. The molecule has 3 nitrogen and oxygen atoms in total. The summed E-state index contributed by atoms with van der Waals surface area (Å²) in [6.45, 7) is 3.33. The Morgan fingerprint density at radius 1 is 1.28 bits per heavy atom. The first-order chi connectivity index (χ1) is 8.41. The van der Waals surface area contributed by atoms with Gasteiger partial charge in [0.15, 0.2) is 11.6 Å². The Morgan fingerprint density at radius 3 is 2.56 bits per heavy atom. The van der Waals surface area contributed by atoms with Gasteiger partial charge in [0.1, 0.15) is 5.82 Å². The summed E-state index contributed by atoms with van der Waals surface area (Å²) in [6, 6.07) is 2.35. The molecule has 0 unspecified atom stereocenters. The van der Waals surface area contributed by atoms with Crippen molar-refractivity contribution >= 4 is 15.9 Å². The van der Waals surface area contributed by atoms with E-state index in [1.807, 2.05) is 0 Å². The van der Waals surface area contributed by atoms with Gasteiger partial charge in [0, 0.05) is 16.8 Å². The highest BCUT2D eigenvalue weighted by molar-refractivity contribution is 9.10. The van der Waals surface area contributed by atoms with E-state index in [-0.39, 0.29) is 15.9 Å². The average molecular weight is 315 g/mol. The van der Waals surface area contributed by atoms with Crippen LogP contribution in [0.25, 0.3) is 11.4 Å². The molecule has 0 aliphatic carbocycles. The second kappa shape index (κ2) is 4.61. The molecule has 1 aromatic carbocycles. The zero-order valence-corrected chi connectivity index (χ0v) is 11.2. The Morgan fingerprint density at radius 2 is 1.94 bits per heavy atom. The van der Waals surface area contributed by atoms with Crippen molar-refractivity contribution in [3.05, 3.63) is 49.9 Å². The summed E-state index contributed by atoms with van der Waals surface area (Å²) in [6.07, 6.45) is 0. The first kappa shape index (κ1) is 12.9. The molecular formula is C12H9BrF2N2O. The van der Waals surface area contributed by atoms with Crippen LogP contribution >= 0.6 is 15.9 Å². The number of hydrogen-bond acceptors (Lipinski definition) is 2. The molecule has 0 aliphatic heterocycles. The first-order valence-electron chi connectivity index (χ1n) is 5.13. The number of hydrogen-bond donors (Lipinski definition) is 1. The third-order valence-electron chi connectivity index (χ3n) is 2.69. The third kappa shape index (κ3) is 2.08. The summed E-state index contributed by atoms with van der Waals surface area (Å²) in [7, 11) is 0. The molecule has 1 aromatic heterocycles. The van der Waals surface area contributed by atoms with Crippen molar-refractivity contribution in [1.82, 2.24) is 9.97 Å². The lowest BCUT2D eigenvalue weighted by atomic mass is 10.2. The molecule has 0 saturated heterocycles. The normalized spacial score (nSPS) is 10.7. The molecular weight excluding hydrogens is 306 g/mol. The second-order valence-corrected chi connectivity index (χ2v) is 4.64. The van der Waals surface area contributed by atoms with Crippen molar-refractivity contribution in [1.29, 1.82) is 0 Å². The van der Waals surface area contributed by atoms with Gasteiger partial charge < -0.3 is 4.98 Å². The van der Waals surface area contributed by atoms with E-state index < -0.39 is 11.6 Å². The number of nitrogens with zero attached hydrogens (tertiary/aromatic N) is 1. The molecule has 0 saturated carbocycles. The Bertz CT molecular complexity index is 683. The van der Waals surface area contributed by atoms with Crippen LogP contribution in [0.5, 0.6) is 0 Å². The average Bonchev–Trinajstić information content (AvgIpc) is 2.33. The third-order valence-corrected chi connectivity index (χ3v) is 3.46. The minimum Gasteiger partial charge on any atom is -0.306 e. The maximum atomic E-state index is 13.4. The minimum absolute atomic E-state index is 0.0612. The van der Waals surface area contributed by atoms with Crippen molar-refractivity contribution in [2.24, 2.45) is 0 Å². The zero-order valence-electron chi connectivity index (χ0n) is 9.64. The van der Waals surface area contributed by atoms with Gasteiger partial charge in [-0.15, -0.1) is 0 Å². The van der Waals surface area contributed by atoms with E-state index in [0.29, 0.717) is 16.8 Å². The Labute approximate surface area is 110 Å². The number of aromatic nitrogens is 2. The largest absolute Gasteiger partial charge is 0.306 e. The molecule has 18 heavy (non-hydrogen) atoms. The van der Waals surface area contributed by atoms with Gasteiger partial charge in [-0.3, -0.25) is 4.79 Å². The topological polar surface area (TPSA) is 45.8 Å². The van der Waals surface area contributed by atoms with Crippen LogP contribution in [-0.4, -0.2) is 9.97 Å². The summed E-state index contributed by atoms with van der Waals surface area (Å²) in [5.41, 5.74) is 1.05. The van der Waals surface area contributed by atoms with Gasteiger partial charge in [-0.05, 0) is 41.9 Å². The Hall–Kier alpha value is -1.56. The number of rotatable bonds is 1. The van der Waals surface area contributed by atoms with Gasteiger partial charge in [-0.2, -0.15) is 0 Å². The zero-order chi connectivity index (χ0) is 13.4. The highest BCUT2D eigenvalue weighted by atomic mass is 79.9. The highest BCUT2D eigenvalue weighted by Crippen LogP contribution is 2.29. The maximum Gasteiger partial charge on any atom is 0.254 e. The van der Waals surface area contributed by atoms with Crippen molar-refractivity contribution in [3.63, 3.8) is 0 Å². The lowest BCUT2D eigenvalue weighted by Gasteiger charge is -2.07. The summed E-state index contributed by atoms with van der Waals surface area (Å²) in [5.74, 6) is -1.76. The molecule has 0 atom stereocenters. The fourth-order valence-corrected chi connectivity index (χ4v) is 1.99. The van der Waals surface area contributed by atoms with Crippen LogP contribution in [0.15, 0.2) is 21.4 Å². The van der Waals surface area contributed by atoms with Crippen LogP contribution in [0.4, 0.5) is 8.78 Å². The Kier molecular flexibility index (Phi) is 3.30. The Balaban J connectivity index is 2.70. The van der Waals surface area contributed by atoms with E-state index in [2.05, 4.69) is 25.9 Å². The van der Waals surface area contributed by atoms with Gasteiger partial charge in [-0.25, -0.2) is 13.8 Å². The van der Waals surface area contributed by atoms with Gasteiger partial charge >= 0.3 is 0 Å². The molecule has 0 radical (unpaired) electrons. The van der Waals surface area contributed by atoms with Gasteiger partial charge in [0.2, 0.25) is 0 Å². The number of H-pyrrole nitrogens is 1. The number of aromatic amines is 1. The van der Waals surface area contributed by atoms with Crippen LogP contribution in [-0.2, 0) is 0 Å². The number of aryl methyl sites for hydroxylation is 1. The van der Waals surface area contributed by atoms with Gasteiger partial charge in [0.05, 0.1) is 4.47 Å². The molecule has 0 spiro atoms. The number of halogens is 3. The minimum atomic E-state index is -1.01. The quantitative estimate of drug-likeness (QED) is 0.822. The summed E-state index contributed by atoms with van der Waals surface area (Å²) in [5, 5.41) is 0. The van der Waals surface area contributed by atoms with Crippen LogP contribution in [0.2, 0.25) is 0 Å². The van der Waals surface area contributed by atoms with Gasteiger partial charge in [-0.1, -0.05) is 0 Å². The first-order valence-corrected chi connectivity index (χ1v) is 5.92. The van der Waals surface area contributed by atoms with Gasteiger partial charge in [0.25, 0.3) is 5.56 Å².